The minimum Gasteiger partial charge on any atom is -0.330 e. The van der Waals surface area contributed by atoms with Crippen molar-refractivity contribution in [1.82, 2.24) is 4.98 Å². The average molecular weight is 207 g/mol. The van der Waals surface area contributed by atoms with Crippen molar-refractivity contribution in [1.29, 1.82) is 0 Å². The first kappa shape index (κ1) is 11.7. The summed E-state index contributed by atoms with van der Waals surface area (Å²) in [5.74, 6) is 0.0223. The van der Waals surface area contributed by atoms with Gasteiger partial charge in [-0.05, 0) is 38.4 Å². The molecule has 0 aliphatic heterocycles. The number of aryl methyl sites for hydroxylation is 1. The summed E-state index contributed by atoms with van der Waals surface area (Å²) in [7, 11) is 0. The number of amides is 1. The number of hydrogen-bond donors (Lipinski definition) is 2. The summed E-state index contributed by atoms with van der Waals surface area (Å²) in [6, 6.07) is 3.72. The van der Waals surface area contributed by atoms with Gasteiger partial charge in [-0.2, -0.15) is 0 Å². The zero-order valence-electron chi connectivity index (χ0n) is 8.99. The molecule has 1 amide bonds. The van der Waals surface area contributed by atoms with E-state index in [1.165, 1.54) is 0 Å². The fourth-order valence-corrected chi connectivity index (χ4v) is 1.20. The van der Waals surface area contributed by atoms with Crippen LogP contribution in [0.3, 0.4) is 0 Å². The Balaban J connectivity index is 2.34. The molecule has 3 N–H and O–H groups in total. The van der Waals surface area contributed by atoms with E-state index in [1.807, 2.05) is 19.1 Å². The second-order valence-electron chi connectivity index (χ2n) is 3.48. The van der Waals surface area contributed by atoms with Gasteiger partial charge in [0.25, 0.3) is 0 Å². The Morgan fingerprint density at radius 2 is 2.27 bits per heavy atom. The van der Waals surface area contributed by atoms with E-state index in [1.54, 1.807) is 6.20 Å². The summed E-state index contributed by atoms with van der Waals surface area (Å²) in [6.45, 7) is 2.55. The number of carbonyl (C=O) groups excluding carboxylic acids is 1. The molecule has 0 spiro atoms. The maximum Gasteiger partial charge on any atom is 0.224 e. The van der Waals surface area contributed by atoms with Crippen molar-refractivity contribution in [3.63, 3.8) is 0 Å². The smallest absolute Gasteiger partial charge is 0.224 e. The molecule has 4 nitrogen and oxygen atoms in total. The molecule has 0 radical (unpaired) electrons. The predicted molar refractivity (Wildman–Crippen MR) is 60.5 cm³/mol. The molecule has 1 heterocycles. The van der Waals surface area contributed by atoms with Crippen molar-refractivity contribution < 1.29 is 4.79 Å². The van der Waals surface area contributed by atoms with Crippen molar-refractivity contribution in [3.05, 3.63) is 24.0 Å². The van der Waals surface area contributed by atoms with Gasteiger partial charge in [-0.25, -0.2) is 0 Å². The molecule has 15 heavy (non-hydrogen) atoms. The molecule has 0 unspecified atom stereocenters. The van der Waals surface area contributed by atoms with Crippen LogP contribution in [-0.2, 0) is 4.79 Å². The Bertz CT molecular complexity index is 308. The van der Waals surface area contributed by atoms with Crippen LogP contribution in [0.1, 0.15) is 25.0 Å². The van der Waals surface area contributed by atoms with E-state index in [2.05, 4.69) is 10.3 Å². The van der Waals surface area contributed by atoms with Crippen LogP contribution >= 0.6 is 0 Å². The highest BCUT2D eigenvalue weighted by molar-refractivity contribution is 5.90. The molecule has 0 aliphatic carbocycles. The molecule has 1 rings (SSSR count). The van der Waals surface area contributed by atoms with E-state index >= 15 is 0 Å². The molecule has 1 aromatic rings. The van der Waals surface area contributed by atoms with E-state index in [4.69, 9.17) is 5.73 Å². The highest BCUT2D eigenvalue weighted by Gasteiger charge is 2.01. The van der Waals surface area contributed by atoms with Gasteiger partial charge in [0.15, 0.2) is 0 Å². The Morgan fingerprint density at radius 1 is 1.47 bits per heavy atom. The molecule has 0 fully saturated rings. The van der Waals surface area contributed by atoms with Crippen LogP contribution in [0.5, 0.6) is 0 Å². The fraction of sp³-hybridized carbons (Fsp3) is 0.455. The van der Waals surface area contributed by atoms with Gasteiger partial charge >= 0.3 is 0 Å². The lowest BCUT2D eigenvalue weighted by atomic mass is 10.2. The molecular formula is C11H17N3O. The zero-order valence-corrected chi connectivity index (χ0v) is 8.99. The lowest BCUT2D eigenvalue weighted by Gasteiger charge is -2.04. The molecule has 4 heteroatoms. The third kappa shape index (κ3) is 4.56. The van der Waals surface area contributed by atoms with Gasteiger partial charge in [-0.15, -0.1) is 0 Å². The molecular weight excluding hydrogens is 190 g/mol. The lowest BCUT2D eigenvalue weighted by molar-refractivity contribution is -0.116. The molecule has 0 saturated heterocycles. The standard InChI is InChI=1S/C11H17N3O/c1-9-5-6-10(8-13-9)14-11(15)4-2-3-7-12/h5-6,8H,2-4,7,12H2,1H3,(H,14,15). The number of aromatic nitrogens is 1. The minimum atomic E-state index is 0.0223. The monoisotopic (exact) mass is 207 g/mol. The molecule has 0 atom stereocenters. The molecule has 0 aliphatic rings. The summed E-state index contributed by atoms with van der Waals surface area (Å²) in [5.41, 5.74) is 7.03. The van der Waals surface area contributed by atoms with Crippen LogP contribution < -0.4 is 11.1 Å². The normalized spacial score (nSPS) is 10.0. The molecule has 1 aromatic heterocycles. The molecule has 0 bridgehead atoms. The van der Waals surface area contributed by atoms with Gasteiger partial charge in [0.1, 0.15) is 0 Å². The van der Waals surface area contributed by atoms with Crippen LogP contribution in [0, 0.1) is 6.92 Å². The SMILES string of the molecule is Cc1ccc(NC(=O)CCCCN)cn1. The van der Waals surface area contributed by atoms with Gasteiger partial charge in [0.05, 0.1) is 11.9 Å². The van der Waals surface area contributed by atoms with E-state index in [-0.39, 0.29) is 5.91 Å². The van der Waals surface area contributed by atoms with Crippen LogP contribution in [0.2, 0.25) is 0 Å². The number of nitrogens with one attached hydrogen (secondary N) is 1. The van der Waals surface area contributed by atoms with Gasteiger partial charge in [0, 0.05) is 12.1 Å². The Kier molecular flexibility index (Phi) is 4.77. The van der Waals surface area contributed by atoms with Gasteiger partial charge in [0.2, 0.25) is 5.91 Å². The first-order chi connectivity index (χ1) is 7.22. The Hall–Kier alpha value is -1.42. The highest BCUT2D eigenvalue weighted by atomic mass is 16.1. The summed E-state index contributed by atoms with van der Waals surface area (Å²) in [4.78, 5) is 15.5. The molecule has 82 valence electrons. The number of carbonyl (C=O) groups is 1. The van der Waals surface area contributed by atoms with Crippen molar-refractivity contribution >= 4 is 11.6 Å². The van der Waals surface area contributed by atoms with Crippen molar-refractivity contribution in [2.75, 3.05) is 11.9 Å². The Labute approximate surface area is 89.9 Å². The minimum absolute atomic E-state index is 0.0223. The molecule has 0 aromatic carbocycles. The van der Waals surface area contributed by atoms with Crippen LogP contribution in [0.4, 0.5) is 5.69 Å². The zero-order chi connectivity index (χ0) is 11.1. The second kappa shape index (κ2) is 6.14. The summed E-state index contributed by atoms with van der Waals surface area (Å²) < 4.78 is 0. The first-order valence-corrected chi connectivity index (χ1v) is 5.15. The van der Waals surface area contributed by atoms with Crippen LogP contribution in [0.15, 0.2) is 18.3 Å². The summed E-state index contributed by atoms with van der Waals surface area (Å²) in [5, 5.41) is 2.79. The van der Waals surface area contributed by atoms with E-state index in [0.717, 1.165) is 24.2 Å². The number of nitrogens with zero attached hydrogens (tertiary/aromatic N) is 1. The van der Waals surface area contributed by atoms with Gasteiger partial charge in [-0.1, -0.05) is 0 Å². The van der Waals surface area contributed by atoms with E-state index in [9.17, 15) is 4.79 Å². The van der Waals surface area contributed by atoms with Crippen LogP contribution in [0.25, 0.3) is 0 Å². The quantitative estimate of drug-likeness (QED) is 0.718. The number of pyridine rings is 1. The number of unbranched alkanes of at least 4 members (excludes halogenated alkanes) is 1. The third-order valence-electron chi connectivity index (χ3n) is 2.05. The second-order valence-corrected chi connectivity index (χ2v) is 3.48. The lowest BCUT2D eigenvalue weighted by Crippen LogP contribution is -2.12. The van der Waals surface area contributed by atoms with Gasteiger partial charge in [-0.3, -0.25) is 9.78 Å². The Morgan fingerprint density at radius 3 is 2.87 bits per heavy atom. The maximum absolute atomic E-state index is 11.4. The van der Waals surface area contributed by atoms with Crippen molar-refractivity contribution in [2.24, 2.45) is 5.73 Å². The largest absolute Gasteiger partial charge is 0.330 e. The van der Waals surface area contributed by atoms with Crippen molar-refractivity contribution in [3.8, 4) is 0 Å². The first-order valence-electron chi connectivity index (χ1n) is 5.15. The van der Waals surface area contributed by atoms with E-state index < -0.39 is 0 Å². The van der Waals surface area contributed by atoms with E-state index in [0.29, 0.717) is 13.0 Å². The number of rotatable bonds is 5. The van der Waals surface area contributed by atoms with Crippen molar-refractivity contribution in [2.45, 2.75) is 26.2 Å². The average Bonchev–Trinajstić information content (AvgIpc) is 2.22. The summed E-state index contributed by atoms with van der Waals surface area (Å²) >= 11 is 0. The number of anilines is 1. The molecule has 0 saturated carbocycles. The topological polar surface area (TPSA) is 68.0 Å². The summed E-state index contributed by atoms with van der Waals surface area (Å²) in [6.07, 6.45) is 3.91. The maximum atomic E-state index is 11.4. The van der Waals surface area contributed by atoms with Gasteiger partial charge < -0.3 is 11.1 Å². The van der Waals surface area contributed by atoms with Crippen LogP contribution in [-0.4, -0.2) is 17.4 Å². The predicted octanol–water partition coefficient (Wildman–Crippen LogP) is 1.46. The highest BCUT2D eigenvalue weighted by Crippen LogP contribution is 2.06. The fourth-order valence-electron chi connectivity index (χ4n) is 1.20. The number of hydrogen-bond acceptors (Lipinski definition) is 3. The third-order valence-corrected chi connectivity index (χ3v) is 2.05. The number of nitrogens with two attached hydrogens (primary N) is 1.